The molecule has 1 unspecified atom stereocenters. The van der Waals surface area contributed by atoms with Crippen LogP contribution in [0.25, 0.3) is 0 Å². The lowest BCUT2D eigenvalue weighted by molar-refractivity contribution is 0.0898. The first-order valence-corrected chi connectivity index (χ1v) is 7.37. The third-order valence-corrected chi connectivity index (χ3v) is 3.44. The maximum Gasteiger partial charge on any atom is 0.270 e. The Morgan fingerprint density at radius 2 is 2.26 bits per heavy atom. The molecule has 0 radical (unpaired) electrons. The van der Waals surface area contributed by atoms with Gasteiger partial charge in [0.15, 0.2) is 5.13 Å². The van der Waals surface area contributed by atoms with Gasteiger partial charge in [-0.3, -0.25) is 4.79 Å². The average molecular weight is 285 g/mol. The van der Waals surface area contributed by atoms with Crippen molar-refractivity contribution in [2.24, 2.45) is 5.41 Å². The summed E-state index contributed by atoms with van der Waals surface area (Å²) in [7, 11) is 0. The average Bonchev–Trinajstić information content (AvgIpc) is 2.73. The molecule has 1 aromatic rings. The molecule has 0 spiro atoms. The van der Waals surface area contributed by atoms with Gasteiger partial charge in [0.2, 0.25) is 0 Å². The van der Waals surface area contributed by atoms with E-state index >= 15 is 0 Å². The van der Waals surface area contributed by atoms with Crippen molar-refractivity contribution in [3.8, 4) is 0 Å². The standard InChI is InChI=1S/C13H23N3O2S/c1-5-14-12-16-10(7-19-12)11(18)15-8-13(3,4)6-9(2)17/h7,9,17H,5-6,8H2,1-4H3,(H,14,16)(H,15,18). The van der Waals surface area contributed by atoms with Gasteiger partial charge < -0.3 is 15.7 Å². The van der Waals surface area contributed by atoms with E-state index in [1.165, 1.54) is 11.3 Å². The van der Waals surface area contributed by atoms with Crippen LogP contribution in [-0.4, -0.2) is 35.2 Å². The zero-order valence-electron chi connectivity index (χ0n) is 12.0. The highest BCUT2D eigenvalue weighted by Gasteiger charge is 2.22. The summed E-state index contributed by atoms with van der Waals surface area (Å²) in [5.41, 5.74) is 0.304. The van der Waals surface area contributed by atoms with Crippen molar-refractivity contribution >= 4 is 22.4 Å². The van der Waals surface area contributed by atoms with E-state index in [0.717, 1.165) is 11.7 Å². The van der Waals surface area contributed by atoms with Gasteiger partial charge in [0.25, 0.3) is 5.91 Å². The number of amides is 1. The van der Waals surface area contributed by atoms with Crippen LogP contribution in [0.1, 0.15) is 44.6 Å². The summed E-state index contributed by atoms with van der Waals surface area (Å²) in [6.07, 6.45) is 0.277. The first-order chi connectivity index (χ1) is 8.84. The monoisotopic (exact) mass is 285 g/mol. The predicted octanol–water partition coefficient (Wildman–Crippen LogP) is 2.10. The molecular formula is C13H23N3O2S. The topological polar surface area (TPSA) is 74.2 Å². The number of carbonyl (C=O) groups excluding carboxylic acids is 1. The molecule has 0 aliphatic rings. The van der Waals surface area contributed by atoms with Crippen LogP contribution < -0.4 is 10.6 Å². The van der Waals surface area contributed by atoms with Crippen molar-refractivity contribution in [2.75, 3.05) is 18.4 Å². The first-order valence-electron chi connectivity index (χ1n) is 6.49. The van der Waals surface area contributed by atoms with Crippen molar-refractivity contribution in [3.05, 3.63) is 11.1 Å². The number of hydrogen-bond donors (Lipinski definition) is 3. The van der Waals surface area contributed by atoms with Gasteiger partial charge in [-0.25, -0.2) is 4.98 Å². The van der Waals surface area contributed by atoms with Gasteiger partial charge in [-0.1, -0.05) is 13.8 Å². The lowest BCUT2D eigenvalue weighted by Crippen LogP contribution is -2.35. The lowest BCUT2D eigenvalue weighted by Gasteiger charge is -2.26. The highest BCUT2D eigenvalue weighted by molar-refractivity contribution is 7.13. The SMILES string of the molecule is CCNc1nc(C(=O)NCC(C)(C)CC(C)O)cs1. The summed E-state index contributed by atoms with van der Waals surface area (Å²) in [5, 5.41) is 17.8. The van der Waals surface area contributed by atoms with Crippen LogP contribution in [0.4, 0.5) is 5.13 Å². The fourth-order valence-electron chi connectivity index (χ4n) is 1.89. The summed E-state index contributed by atoms with van der Waals surface area (Å²) in [6.45, 7) is 9.09. The number of rotatable bonds is 7. The number of aromatic nitrogens is 1. The zero-order chi connectivity index (χ0) is 14.5. The first kappa shape index (κ1) is 15.9. The van der Waals surface area contributed by atoms with E-state index in [1.54, 1.807) is 12.3 Å². The summed E-state index contributed by atoms with van der Waals surface area (Å²) < 4.78 is 0. The normalized spacial score (nSPS) is 13.1. The number of aliphatic hydroxyl groups excluding tert-OH is 1. The smallest absolute Gasteiger partial charge is 0.270 e. The Morgan fingerprint density at radius 1 is 1.58 bits per heavy atom. The number of aliphatic hydroxyl groups is 1. The number of nitrogens with zero attached hydrogens (tertiary/aromatic N) is 1. The van der Waals surface area contributed by atoms with Crippen molar-refractivity contribution in [1.29, 1.82) is 0 Å². The molecule has 1 rings (SSSR count). The van der Waals surface area contributed by atoms with Crippen LogP contribution in [0.3, 0.4) is 0 Å². The fraction of sp³-hybridized carbons (Fsp3) is 0.692. The third-order valence-electron chi connectivity index (χ3n) is 2.64. The van der Waals surface area contributed by atoms with Gasteiger partial charge in [-0.2, -0.15) is 0 Å². The summed E-state index contributed by atoms with van der Waals surface area (Å²) in [6, 6.07) is 0. The fourth-order valence-corrected chi connectivity index (χ4v) is 2.65. The highest BCUT2D eigenvalue weighted by atomic mass is 32.1. The van der Waals surface area contributed by atoms with Crippen molar-refractivity contribution in [1.82, 2.24) is 10.3 Å². The van der Waals surface area contributed by atoms with Crippen LogP contribution in [-0.2, 0) is 0 Å². The second-order valence-corrected chi connectivity index (χ2v) is 6.33. The molecule has 108 valence electrons. The Bertz CT molecular complexity index is 416. The summed E-state index contributed by atoms with van der Waals surface area (Å²) in [5.74, 6) is -0.168. The number of thiazole rings is 1. The van der Waals surface area contributed by atoms with Gasteiger partial charge in [0, 0.05) is 18.5 Å². The molecule has 0 saturated heterocycles. The van der Waals surface area contributed by atoms with Crippen molar-refractivity contribution in [2.45, 2.75) is 40.2 Å². The molecule has 5 nitrogen and oxygen atoms in total. The van der Waals surface area contributed by atoms with Gasteiger partial charge in [-0.15, -0.1) is 11.3 Å². The van der Waals surface area contributed by atoms with Gasteiger partial charge in [-0.05, 0) is 25.7 Å². The number of anilines is 1. The minimum Gasteiger partial charge on any atom is -0.393 e. The molecule has 19 heavy (non-hydrogen) atoms. The van der Waals surface area contributed by atoms with Crippen LogP contribution in [0.15, 0.2) is 5.38 Å². The largest absolute Gasteiger partial charge is 0.393 e. The quantitative estimate of drug-likeness (QED) is 0.717. The van der Waals surface area contributed by atoms with Crippen LogP contribution in [0.2, 0.25) is 0 Å². The Balaban J connectivity index is 2.50. The van der Waals surface area contributed by atoms with E-state index in [-0.39, 0.29) is 17.4 Å². The van der Waals surface area contributed by atoms with E-state index < -0.39 is 0 Å². The van der Waals surface area contributed by atoms with E-state index in [9.17, 15) is 9.90 Å². The minimum atomic E-state index is -0.369. The third kappa shape index (κ3) is 5.57. The van der Waals surface area contributed by atoms with E-state index in [2.05, 4.69) is 15.6 Å². The Morgan fingerprint density at radius 3 is 2.84 bits per heavy atom. The van der Waals surface area contributed by atoms with Gasteiger partial charge in [0.05, 0.1) is 6.10 Å². The molecule has 1 amide bonds. The maximum atomic E-state index is 11.9. The Kier molecular flexibility index (Phi) is 5.75. The number of carbonyl (C=O) groups is 1. The molecule has 0 aliphatic heterocycles. The van der Waals surface area contributed by atoms with Crippen molar-refractivity contribution in [3.63, 3.8) is 0 Å². The second kappa shape index (κ2) is 6.86. The molecule has 0 aliphatic carbocycles. The molecule has 1 heterocycles. The van der Waals surface area contributed by atoms with Crippen LogP contribution in [0, 0.1) is 5.41 Å². The second-order valence-electron chi connectivity index (χ2n) is 5.47. The molecule has 0 aromatic carbocycles. The summed E-state index contributed by atoms with van der Waals surface area (Å²) in [4.78, 5) is 16.1. The number of nitrogens with one attached hydrogen (secondary N) is 2. The number of hydrogen-bond acceptors (Lipinski definition) is 5. The molecular weight excluding hydrogens is 262 g/mol. The molecule has 0 bridgehead atoms. The Hall–Kier alpha value is -1.14. The molecule has 0 saturated carbocycles. The highest BCUT2D eigenvalue weighted by Crippen LogP contribution is 2.21. The molecule has 1 atom stereocenters. The molecule has 6 heteroatoms. The van der Waals surface area contributed by atoms with Gasteiger partial charge in [0.1, 0.15) is 5.69 Å². The van der Waals surface area contributed by atoms with E-state index in [1.807, 2.05) is 20.8 Å². The van der Waals surface area contributed by atoms with E-state index in [4.69, 9.17) is 0 Å². The molecule has 0 fully saturated rings. The minimum absolute atomic E-state index is 0.135. The van der Waals surface area contributed by atoms with Crippen molar-refractivity contribution < 1.29 is 9.90 Å². The van der Waals surface area contributed by atoms with Gasteiger partial charge >= 0.3 is 0 Å². The molecule has 1 aromatic heterocycles. The van der Waals surface area contributed by atoms with Crippen LogP contribution >= 0.6 is 11.3 Å². The Labute approximate surface area is 118 Å². The predicted molar refractivity (Wildman–Crippen MR) is 78.7 cm³/mol. The molecule has 3 N–H and O–H groups in total. The van der Waals surface area contributed by atoms with E-state index in [0.29, 0.717) is 18.7 Å². The van der Waals surface area contributed by atoms with Crippen LogP contribution in [0.5, 0.6) is 0 Å². The maximum absolute atomic E-state index is 11.9. The lowest BCUT2D eigenvalue weighted by atomic mass is 9.87. The summed E-state index contributed by atoms with van der Waals surface area (Å²) >= 11 is 1.42. The zero-order valence-corrected chi connectivity index (χ0v) is 12.8.